The number of ether oxygens (including phenoxy) is 6. The molecule has 1 amide bonds. The van der Waals surface area contributed by atoms with Gasteiger partial charge in [0, 0.05) is 66.3 Å². The van der Waals surface area contributed by atoms with E-state index in [1.165, 1.54) is 25.5 Å². The third kappa shape index (κ3) is 19.7. The van der Waals surface area contributed by atoms with E-state index in [4.69, 9.17) is 32.8 Å². The number of allylic oxidation sites excluding steroid dienone is 6. The van der Waals surface area contributed by atoms with Crippen LogP contribution in [0.4, 0.5) is 0 Å². The highest BCUT2D eigenvalue weighted by Gasteiger charge is 2.44. The summed E-state index contributed by atoms with van der Waals surface area (Å²) in [5, 5.41) is 9.51. The second kappa shape index (κ2) is 31.3. The van der Waals surface area contributed by atoms with Crippen LogP contribution in [-0.4, -0.2) is 145 Å². The fourth-order valence-electron chi connectivity index (χ4n) is 10.6. The quantitative estimate of drug-likeness (QED) is 0.0247. The maximum absolute atomic E-state index is 14.3. The topological polar surface area (TPSA) is 173 Å². The normalized spacial score (nSPS) is 26.0. The molecular formula is C59H99NO13Si. The van der Waals surface area contributed by atoms with E-state index in [1.807, 2.05) is 39.0 Å². The molecule has 15 heteroatoms. The number of aliphatic hydroxyl groups is 1. The van der Waals surface area contributed by atoms with Crippen molar-refractivity contribution in [3.8, 4) is 0 Å². The number of amides is 1. The van der Waals surface area contributed by atoms with Crippen LogP contribution in [0.1, 0.15) is 146 Å². The maximum Gasteiger partial charge on any atom is 0.329 e. The number of nitrogens with zero attached hydrogens (tertiary/aromatic N) is 1. The Morgan fingerprint density at radius 3 is 2.11 bits per heavy atom. The van der Waals surface area contributed by atoms with E-state index in [0.717, 1.165) is 44.3 Å². The fourth-order valence-corrected chi connectivity index (χ4v) is 12.0. The molecule has 0 aromatic heterocycles. The van der Waals surface area contributed by atoms with Gasteiger partial charge in [-0.2, -0.15) is 0 Å². The number of piperidine rings is 1. The molecule has 14 atom stereocenters. The van der Waals surface area contributed by atoms with Crippen LogP contribution < -0.4 is 0 Å². The molecule has 1 N–H and O–H groups in total. The SMILES string of the molecule is CO[C@@H](C[C@@H]1CC[C@@H](C)CO1)/C(C)=C/C=C/C=C/[C@@H](C)C[C@@H](C)C(=O)[C@H](OC)[C@H](OC)/C(C)=C/[C@@H](C)C(=O)C[C@H](OC(=O)[C@@H]1CCCCN1C(=O)C(=O)CO)[C@H](C)C[C@@H]1CCC(O[Si](C)(C)C(C)(C)C)[C@H](OC)C1. The first-order valence-corrected chi connectivity index (χ1v) is 30.5. The zero-order chi connectivity index (χ0) is 55.5. The first-order valence-electron chi connectivity index (χ1n) is 27.6. The molecule has 422 valence electrons. The Bertz CT molecular complexity index is 1910. The van der Waals surface area contributed by atoms with Crippen molar-refractivity contribution in [3.63, 3.8) is 0 Å². The molecule has 3 aliphatic rings. The number of esters is 1. The fraction of sp³-hybridized carbons (Fsp3) is 0.780. The highest BCUT2D eigenvalue weighted by molar-refractivity contribution is 6.74. The van der Waals surface area contributed by atoms with Gasteiger partial charge in [-0.25, -0.2) is 4.79 Å². The molecule has 1 saturated carbocycles. The van der Waals surface area contributed by atoms with Gasteiger partial charge in [-0.05, 0) is 131 Å². The monoisotopic (exact) mass is 1060 g/mol. The Morgan fingerprint density at radius 2 is 1.51 bits per heavy atom. The lowest BCUT2D eigenvalue weighted by atomic mass is 9.78. The largest absolute Gasteiger partial charge is 0.460 e. The predicted octanol–water partition coefficient (Wildman–Crippen LogP) is 10.2. The third-order valence-corrected chi connectivity index (χ3v) is 21.0. The molecule has 74 heavy (non-hydrogen) atoms. The Kier molecular flexibility index (Phi) is 27.5. The maximum atomic E-state index is 14.3. The summed E-state index contributed by atoms with van der Waals surface area (Å²) in [6.07, 6.45) is 17.8. The summed E-state index contributed by atoms with van der Waals surface area (Å²) in [6.45, 7) is 25.1. The number of hydrogen-bond acceptors (Lipinski definition) is 13. The number of ketones is 3. The van der Waals surface area contributed by atoms with Crippen molar-refractivity contribution < 1.29 is 61.9 Å². The standard InChI is InChI=1S/C59H99NO13Si/c1-38(22-18-17-19-23-40(3)51(67-11)34-46-27-25-39(2)37-71-46)30-43(6)54(64)56(70-14)55(69-13)44(7)31-41(4)48(62)35-52(72-58(66)47-24-20-21-29-60(47)57(65)49(63)36-61)42(5)32-45-26-28-50(53(33-45)68-12)73-74(15,16)59(8,9)10/h17-19,22-23,31,38-39,41-43,45-47,50-53,55-56,61H,20-21,24-30,32-37H2,1-16H3/b19-17+,22-18+,40-23+,44-31+/t38-,39-,41-,42-,43-,45+,46+,47+,50?,51+,52+,53-,55-,56+/m1/s1. The lowest BCUT2D eigenvalue weighted by molar-refractivity contribution is -0.166. The second-order valence-corrected chi connectivity index (χ2v) is 28.4. The van der Waals surface area contributed by atoms with Crippen LogP contribution in [-0.2, 0) is 56.8 Å². The Hall–Kier alpha value is -3.15. The van der Waals surface area contributed by atoms with E-state index in [9.17, 15) is 29.1 Å². The van der Waals surface area contributed by atoms with Crippen molar-refractivity contribution >= 4 is 37.5 Å². The lowest BCUT2D eigenvalue weighted by Gasteiger charge is -2.44. The van der Waals surface area contributed by atoms with Crippen molar-refractivity contribution in [2.75, 3.05) is 48.2 Å². The van der Waals surface area contributed by atoms with E-state index in [-0.39, 0.29) is 77.7 Å². The summed E-state index contributed by atoms with van der Waals surface area (Å²) in [4.78, 5) is 69.0. The van der Waals surface area contributed by atoms with Crippen molar-refractivity contribution in [1.29, 1.82) is 0 Å². The molecule has 1 unspecified atom stereocenters. The van der Waals surface area contributed by atoms with Crippen LogP contribution in [0, 0.1) is 35.5 Å². The van der Waals surface area contributed by atoms with Gasteiger partial charge in [0.1, 0.15) is 36.7 Å². The molecule has 0 spiro atoms. The Balaban J connectivity index is 1.74. The molecule has 0 aromatic rings. The summed E-state index contributed by atoms with van der Waals surface area (Å²) in [5.41, 5.74) is 1.80. The first-order chi connectivity index (χ1) is 34.8. The van der Waals surface area contributed by atoms with Crippen LogP contribution >= 0.6 is 0 Å². The predicted molar refractivity (Wildman–Crippen MR) is 293 cm³/mol. The van der Waals surface area contributed by atoms with Crippen LogP contribution in [0.15, 0.2) is 47.6 Å². The molecule has 0 bridgehead atoms. The van der Waals surface area contributed by atoms with E-state index in [0.29, 0.717) is 43.6 Å². The Morgan fingerprint density at radius 1 is 0.824 bits per heavy atom. The van der Waals surface area contributed by atoms with Crippen LogP contribution in [0.3, 0.4) is 0 Å². The summed E-state index contributed by atoms with van der Waals surface area (Å²) in [5.74, 6) is -3.17. The molecule has 14 nitrogen and oxygen atoms in total. The minimum absolute atomic E-state index is 0.00509. The van der Waals surface area contributed by atoms with Gasteiger partial charge >= 0.3 is 5.97 Å². The highest BCUT2D eigenvalue weighted by Crippen LogP contribution is 2.42. The van der Waals surface area contributed by atoms with E-state index < -0.39 is 62.9 Å². The van der Waals surface area contributed by atoms with Crippen molar-refractivity contribution in [2.45, 2.75) is 213 Å². The number of hydrogen-bond donors (Lipinski definition) is 1. The average Bonchev–Trinajstić information content (AvgIpc) is 3.36. The van der Waals surface area contributed by atoms with Crippen LogP contribution in [0.2, 0.25) is 18.1 Å². The molecule has 2 heterocycles. The van der Waals surface area contributed by atoms with Gasteiger partial charge in [0.05, 0.1) is 24.4 Å². The molecule has 0 aromatic carbocycles. The average molecular weight is 1060 g/mol. The number of methoxy groups -OCH3 is 4. The van der Waals surface area contributed by atoms with Gasteiger partial charge in [0.2, 0.25) is 5.78 Å². The molecule has 2 aliphatic heterocycles. The van der Waals surface area contributed by atoms with Gasteiger partial charge in [0.15, 0.2) is 14.1 Å². The molecule has 2 saturated heterocycles. The van der Waals surface area contributed by atoms with E-state index in [1.54, 1.807) is 27.2 Å². The summed E-state index contributed by atoms with van der Waals surface area (Å²) < 4.78 is 42.8. The number of Topliss-reactive ketones (excluding diaryl/α,β-unsaturated/α-hetero) is 3. The van der Waals surface area contributed by atoms with Crippen molar-refractivity contribution in [1.82, 2.24) is 4.90 Å². The molecule has 0 radical (unpaired) electrons. The van der Waals surface area contributed by atoms with E-state index in [2.05, 4.69) is 66.8 Å². The summed E-state index contributed by atoms with van der Waals surface area (Å²) in [6, 6.07) is -1.01. The lowest BCUT2D eigenvalue weighted by Crippen LogP contribution is -2.52. The van der Waals surface area contributed by atoms with Crippen LogP contribution in [0.5, 0.6) is 0 Å². The van der Waals surface area contributed by atoms with Gasteiger partial charge in [-0.1, -0.05) is 91.8 Å². The number of carbonyl (C=O) groups is 5. The smallest absolute Gasteiger partial charge is 0.329 e. The molecular weight excluding hydrogens is 959 g/mol. The summed E-state index contributed by atoms with van der Waals surface area (Å²) in [7, 11) is 4.43. The zero-order valence-corrected chi connectivity index (χ0v) is 49.4. The van der Waals surface area contributed by atoms with Crippen molar-refractivity contribution in [3.05, 3.63) is 47.6 Å². The minimum Gasteiger partial charge on any atom is -0.460 e. The minimum atomic E-state index is -2.06. The number of rotatable bonds is 29. The van der Waals surface area contributed by atoms with Crippen LogP contribution in [0.25, 0.3) is 0 Å². The highest BCUT2D eigenvalue weighted by atomic mass is 28.4. The zero-order valence-electron chi connectivity index (χ0n) is 48.4. The molecule has 3 fully saturated rings. The number of carbonyl (C=O) groups excluding carboxylic acids is 5. The third-order valence-electron chi connectivity index (χ3n) is 16.5. The van der Waals surface area contributed by atoms with Crippen molar-refractivity contribution in [2.24, 2.45) is 35.5 Å². The van der Waals surface area contributed by atoms with Gasteiger partial charge in [0.25, 0.3) is 5.91 Å². The number of aliphatic hydroxyl groups excluding tert-OH is 1. The Labute approximate surface area is 447 Å². The van der Waals surface area contributed by atoms with Gasteiger partial charge < -0.3 is 42.9 Å². The van der Waals surface area contributed by atoms with Gasteiger partial charge in [-0.15, -0.1) is 0 Å². The van der Waals surface area contributed by atoms with Gasteiger partial charge in [-0.3, -0.25) is 19.2 Å². The summed E-state index contributed by atoms with van der Waals surface area (Å²) >= 11 is 0. The van der Waals surface area contributed by atoms with E-state index >= 15 is 0 Å². The molecule has 1 aliphatic carbocycles. The molecule has 3 rings (SSSR count). The first kappa shape index (κ1) is 65.1. The second-order valence-electron chi connectivity index (χ2n) is 23.6. The number of likely N-dealkylation sites (tertiary alicyclic amines) is 1.